The van der Waals surface area contributed by atoms with Crippen LogP contribution in [-0.4, -0.2) is 19.0 Å². The summed E-state index contributed by atoms with van der Waals surface area (Å²) in [5, 5.41) is 2.92. The number of carbonyl (C=O) groups is 1. The van der Waals surface area contributed by atoms with Gasteiger partial charge >= 0.3 is 0 Å². The van der Waals surface area contributed by atoms with E-state index < -0.39 is 0 Å². The van der Waals surface area contributed by atoms with Crippen LogP contribution in [0, 0.1) is 6.92 Å². The van der Waals surface area contributed by atoms with E-state index in [0.717, 1.165) is 24.2 Å². The molecule has 0 aliphatic carbocycles. The molecule has 24 heavy (non-hydrogen) atoms. The van der Waals surface area contributed by atoms with Gasteiger partial charge in [0.1, 0.15) is 0 Å². The van der Waals surface area contributed by atoms with Crippen LogP contribution in [0.5, 0.6) is 0 Å². The van der Waals surface area contributed by atoms with Crippen LogP contribution in [0.1, 0.15) is 30.5 Å². The van der Waals surface area contributed by atoms with Crippen molar-refractivity contribution >= 4 is 17.7 Å². The van der Waals surface area contributed by atoms with Crippen molar-refractivity contribution in [2.75, 3.05) is 18.0 Å². The average Bonchev–Trinajstić information content (AvgIpc) is 2.61. The lowest BCUT2D eigenvalue weighted by molar-refractivity contribution is -0.116. The van der Waals surface area contributed by atoms with E-state index in [0.29, 0.717) is 6.54 Å². The number of rotatable bonds is 7. The first-order valence-electron chi connectivity index (χ1n) is 8.48. The molecular formula is C21H26N2O. The van der Waals surface area contributed by atoms with Crippen molar-refractivity contribution in [3.8, 4) is 0 Å². The Hall–Kier alpha value is -2.55. The molecule has 0 bridgehead atoms. The Morgan fingerprint density at radius 2 is 1.62 bits per heavy atom. The first kappa shape index (κ1) is 17.8. The van der Waals surface area contributed by atoms with Crippen LogP contribution >= 0.6 is 0 Å². The summed E-state index contributed by atoms with van der Waals surface area (Å²) in [4.78, 5) is 14.2. The lowest BCUT2D eigenvalue weighted by Crippen LogP contribution is -2.22. The molecule has 0 aromatic heterocycles. The van der Waals surface area contributed by atoms with Gasteiger partial charge in [-0.1, -0.05) is 42.0 Å². The van der Waals surface area contributed by atoms with E-state index in [1.807, 2.05) is 37.3 Å². The van der Waals surface area contributed by atoms with Crippen molar-refractivity contribution in [3.05, 3.63) is 71.3 Å². The average molecular weight is 322 g/mol. The van der Waals surface area contributed by atoms with Crippen molar-refractivity contribution in [2.24, 2.45) is 0 Å². The predicted octanol–water partition coefficient (Wildman–Crippen LogP) is 4.17. The number of hydrogen-bond donors (Lipinski definition) is 1. The first-order chi connectivity index (χ1) is 11.6. The number of amides is 1. The molecule has 2 rings (SSSR count). The third-order valence-electron chi connectivity index (χ3n) is 4.04. The smallest absolute Gasteiger partial charge is 0.244 e. The molecule has 126 valence electrons. The van der Waals surface area contributed by atoms with Crippen LogP contribution in [0.3, 0.4) is 0 Å². The number of nitrogens with one attached hydrogen (secondary N) is 1. The van der Waals surface area contributed by atoms with Gasteiger partial charge in [-0.05, 0) is 50.1 Å². The van der Waals surface area contributed by atoms with Crippen LogP contribution in [-0.2, 0) is 11.3 Å². The maximum atomic E-state index is 11.9. The zero-order valence-corrected chi connectivity index (χ0v) is 14.8. The van der Waals surface area contributed by atoms with E-state index >= 15 is 0 Å². The molecule has 0 saturated heterocycles. The molecule has 0 atom stereocenters. The number of benzene rings is 2. The molecule has 0 aliphatic rings. The van der Waals surface area contributed by atoms with Crippen molar-refractivity contribution in [3.63, 3.8) is 0 Å². The van der Waals surface area contributed by atoms with Gasteiger partial charge in [0.15, 0.2) is 0 Å². The summed E-state index contributed by atoms with van der Waals surface area (Å²) in [5.74, 6) is -0.0802. The molecule has 0 radical (unpaired) electrons. The van der Waals surface area contributed by atoms with Crippen molar-refractivity contribution in [1.82, 2.24) is 5.32 Å². The lowest BCUT2D eigenvalue weighted by Gasteiger charge is -2.21. The molecule has 0 saturated carbocycles. The fraction of sp³-hybridized carbons (Fsp3) is 0.286. The molecular weight excluding hydrogens is 296 g/mol. The molecule has 1 amide bonds. The summed E-state index contributed by atoms with van der Waals surface area (Å²) in [7, 11) is 0. The quantitative estimate of drug-likeness (QED) is 0.776. The van der Waals surface area contributed by atoms with Gasteiger partial charge in [0, 0.05) is 31.4 Å². The summed E-state index contributed by atoms with van der Waals surface area (Å²) in [6, 6.07) is 16.4. The number of anilines is 1. The van der Waals surface area contributed by atoms with Crippen molar-refractivity contribution < 1.29 is 4.79 Å². The van der Waals surface area contributed by atoms with Crippen molar-refractivity contribution in [1.29, 1.82) is 0 Å². The zero-order valence-electron chi connectivity index (χ0n) is 14.8. The molecule has 1 N–H and O–H groups in total. The van der Waals surface area contributed by atoms with Gasteiger partial charge in [-0.2, -0.15) is 0 Å². The van der Waals surface area contributed by atoms with Crippen LogP contribution in [0.4, 0.5) is 5.69 Å². The minimum atomic E-state index is -0.0802. The fourth-order valence-electron chi connectivity index (χ4n) is 2.51. The monoisotopic (exact) mass is 322 g/mol. The second kappa shape index (κ2) is 8.92. The minimum Gasteiger partial charge on any atom is -0.372 e. The zero-order chi connectivity index (χ0) is 17.4. The highest BCUT2D eigenvalue weighted by Gasteiger charge is 2.02. The Kier molecular flexibility index (Phi) is 6.62. The largest absolute Gasteiger partial charge is 0.372 e. The molecule has 0 fully saturated rings. The van der Waals surface area contributed by atoms with E-state index in [2.05, 4.69) is 48.3 Å². The van der Waals surface area contributed by atoms with Gasteiger partial charge in [-0.3, -0.25) is 4.79 Å². The van der Waals surface area contributed by atoms with E-state index in [4.69, 9.17) is 0 Å². The van der Waals surface area contributed by atoms with Gasteiger partial charge in [0.05, 0.1) is 0 Å². The Labute approximate surface area is 145 Å². The van der Waals surface area contributed by atoms with Gasteiger partial charge in [-0.15, -0.1) is 0 Å². The summed E-state index contributed by atoms with van der Waals surface area (Å²) in [6.07, 6.45) is 3.41. The summed E-state index contributed by atoms with van der Waals surface area (Å²) in [6.45, 7) is 8.88. The van der Waals surface area contributed by atoms with Crippen LogP contribution in [0.15, 0.2) is 54.6 Å². The Morgan fingerprint density at radius 3 is 2.21 bits per heavy atom. The van der Waals surface area contributed by atoms with E-state index in [-0.39, 0.29) is 5.91 Å². The number of nitrogens with zero attached hydrogens (tertiary/aromatic N) is 1. The maximum Gasteiger partial charge on any atom is 0.244 e. The third kappa shape index (κ3) is 5.27. The third-order valence-corrected chi connectivity index (χ3v) is 4.04. The first-order valence-corrected chi connectivity index (χ1v) is 8.48. The SMILES string of the molecule is CCN(CC)c1ccc(CNC(=O)/C=C/c2ccc(C)cc2)cc1. The predicted molar refractivity (Wildman–Crippen MR) is 102 cm³/mol. The Balaban J connectivity index is 1.86. The van der Waals surface area contributed by atoms with Crippen LogP contribution in [0.2, 0.25) is 0 Å². The number of carbonyl (C=O) groups excluding carboxylic acids is 1. The summed E-state index contributed by atoms with van der Waals surface area (Å²) >= 11 is 0. The molecule has 2 aromatic carbocycles. The van der Waals surface area contributed by atoms with Gasteiger partial charge in [0.25, 0.3) is 0 Å². The van der Waals surface area contributed by atoms with Gasteiger partial charge in [-0.25, -0.2) is 0 Å². The highest BCUT2D eigenvalue weighted by atomic mass is 16.1. The molecule has 2 aromatic rings. The van der Waals surface area contributed by atoms with E-state index in [1.54, 1.807) is 6.08 Å². The van der Waals surface area contributed by atoms with E-state index in [9.17, 15) is 4.79 Å². The standard InChI is InChI=1S/C21H26N2O/c1-4-23(5-2)20-13-10-19(11-14-20)16-22-21(24)15-12-18-8-6-17(3)7-9-18/h6-15H,4-5,16H2,1-3H3,(H,22,24)/b15-12+. The van der Waals surface area contributed by atoms with E-state index in [1.165, 1.54) is 11.3 Å². The van der Waals surface area contributed by atoms with Gasteiger partial charge < -0.3 is 10.2 Å². The second-order valence-corrected chi connectivity index (χ2v) is 5.80. The second-order valence-electron chi connectivity index (χ2n) is 5.80. The normalized spacial score (nSPS) is 10.8. The minimum absolute atomic E-state index is 0.0802. The summed E-state index contributed by atoms with van der Waals surface area (Å²) < 4.78 is 0. The van der Waals surface area contributed by atoms with Crippen LogP contribution in [0.25, 0.3) is 6.08 Å². The fourth-order valence-corrected chi connectivity index (χ4v) is 2.51. The lowest BCUT2D eigenvalue weighted by atomic mass is 10.1. The maximum absolute atomic E-state index is 11.9. The van der Waals surface area contributed by atoms with Gasteiger partial charge in [0.2, 0.25) is 5.91 Å². The Bertz CT molecular complexity index is 668. The molecule has 3 nitrogen and oxygen atoms in total. The molecule has 0 aliphatic heterocycles. The molecule has 0 unspecified atom stereocenters. The summed E-state index contributed by atoms with van der Waals surface area (Å²) in [5.41, 5.74) is 4.56. The Morgan fingerprint density at radius 1 is 1.00 bits per heavy atom. The number of hydrogen-bond acceptors (Lipinski definition) is 2. The van der Waals surface area contributed by atoms with Crippen molar-refractivity contribution in [2.45, 2.75) is 27.3 Å². The highest BCUT2D eigenvalue weighted by Crippen LogP contribution is 2.14. The number of aryl methyl sites for hydroxylation is 1. The molecule has 0 heterocycles. The highest BCUT2D eigenvalue weighted by molar-refractivity contribution is 5.91. The van der Waals surface area contributed by atoms with Crippen LogP contribution < -0.4 is 10.2 Å². The molecule has 3 heteroatoms. The molecule has 0 spiro atoms. The topological polar surface area (TPSA) is 32.3 Å².